The Balaban J connectivity index is 1.73. The summed E-state index contributed by atoms with van der Waals surface area (Å²) in [6.07, 6.45) is 1.000. The molecule has 1 aliphatic heterocycles. The summed E-state index contributed by atoms with van der Waals surface area (Å²) in [7, 11) is 0. The van der Waals surface area contributed by atoms with Gasteiger partial charge in [-0.3, -0.25) is 9.59 Å². The fourth-order valence-corrected chi connectivity index (χ4v) is 2.62. The number of carbonyl (C=O) groups is 3. The van der Waals surface area contributed by atoms with Gasteiger partial charge in [-0.05, 0) is 18.6 Å². The molecular formula is C17H24N4O4. The first-order valence-electron chi connectivity index (χ1n) is 8.33. The summed E-state index contributed by atoms with van der Waals surface area (Å²) in [5.74, 6) is 0.561. The van der Waals surface area contributed by atoms with Crippen LogP contribution in [0.3, 0.4) is 0 Å². The molecule has 3 N–H and O–H groups in total. The predicted molar refractivity (Wildman–Crippen MR) is 91.9 cm³/mol. The van der Waals surface area contributed by atoms with E-state index in [0.29, 0.717) is 45.6 Å². The summed E-state index contributed by atoms with van der Waals surface area (Å²) in [4.78, 5) is 38.4. The first-order valence-corrected chi connectivity index (χ1v) is 8.33. The molecule has 0 bridgehead atoms. The van der Waals surface area contributed by atoms with Crippen LogP contribution in [0.5, 0.6) is 5.75 Å². The lowest BCUT2D eigenvalue weighted by atomic mass is 10.3. The third-order valence-electron chi connectivity index (χ3n) is 3.94. The van der Waals surface area contributed by atoms with Gasteiger partial charge in [0, 0.05) is 26.2 Å². The van der Waals surface area contributed by atoms with Crippen molar-refractivity contribution in [2.24, 2.45) is 5.73 Å². The van der Waals surface area contributed by atoms with E-state index in [9.17, 15) is 14.4 Å². The Bertz CT molecular complexity index is 594. The second-order valence-electron chi connectivity index (χ2n) is 5.74. The topological polar surface area (TPSA) is 105 Å². The zero-order valence-corrected chi connectivity index (χ0v) is 14.1. The van der Waals surface area contributed by atoms with Gasteiger partial charge >= 0.3 is 6.03 Å². The smallest absolute Gasteiger partial charge is 0.312 e. The number of rotatable bonds is 6. The van der Waals surface area contributed by atoms with Gasteiger partial charge in [0.25, 0.3) is 0 Å². The van der Waals surface area contributed by atoms with Crippen molar-refractivity contribution in [1.29, 1.82) is 0 Å². The molecule has 0 spiro atoms. The molecule has 0 radical (unpaired) electrons. The van der Waals surface area contributed by atoms with E-state index < -0.39 is 6.03 Å². The number of carbonyl (C=O) groups excluding carboxylic acids is 3. The average molecular weight is 348 g/mol. The van der Waals surface area contributed by atoms with E-state index in [4.69, 9.17) is 10.5 Å². The maximum atomic E-state index is 12.3. The van der Waals surface area contributed by atoms with Gasteiger partial charge in [-0.2, -0.15) is 0 Å². The van der Waals surface area contributed by atoms with Crippen LogP contribution in [-0.4, -0.2) is 67.0 Å². The van der Waals surface area contributed by atoms with Gasteiger partial charge in [-0.15, -0.1) is 0 Å². The minimum absolute atomic E-state index is 0.0143. The second-order valence-corrected chi connectivity index (χ2v) is 5.74. The van der Waals surface area contributed by atoms with Gasteiger partial charge < -0.3 is 25.6 Å². The standard InChI is InChI=1S/C17H24N4O4/c18-17(24)19-13-16(23)21-9-4-8-20(10-11-21)15(22)7-12-25-14-5-2-1-3-6-14/h1-3,5-6H,4,7-13H2,(H3,18,19,24). The third kappa shape index (κ3) is 6.33. The molecule has 0 aliphatic carbocycles. The maximum Gasteiger partial charge on any atom is 0.312 e. The number of ether oxygens (including phenoxy) is 1. The fourth-order valence-electron chi connectivity index (χ4n) is 2.62. The Labute approximate surface area is 146 Å². The minimum atomic E-state index is -0.724. The van der Waals surface area contributed by atoms with E-state index in [1.54, 1.807) is 9.80 Å². The van der Waals surface area contributed by atoms with Crippen LogP contribution >= 0.6 is 0 Å². The first-order chi connectivity index (χ1) is 12.1. The van der Waals surface area contributed by atoms with Crippen LogP contribution < -0.4 is 15.8 Å². The van der Waals surface area contributed by atoms with Crippen LogP contribution in [0.25, 0.3) is 0 Å². The number of hydrogen-bond acceptors (Lipinski definition) is 4. The lowest BCUT2D eigenvalue weighted by molar-refractivity contribution is -0.133. The summed E-state index contributed by atoms with van der Waals surface area (Å²) in [5.41, 5.74) is 4.97. The number of benzene rings is 1. The largest absolute Gasteiger partial charge is 0.493 e. The molecule has 1 fully saturated rings. The first kappa shape index (κ1) is 18.6. The molecule has 0 atom stereocenters. The SMILES string of the molecule is NC(=O)NCC(=O)N1CCCN(C(=O)CCOc2ccccc2)CC1. The second kappa shape index (κ2) is 9.51. The highest BCUT2D eigenvalue weighted by molar-refractivity contribution is 5.83. The molecule has 136 valence electrons. The molecule has 2 rings (SSSR count). The van der Waals surface area contributed by atoms with Crippen molar-refractivity contribution >= 4 is 17.8 Å². The van der Waals surface area contributed by atoms with E-state index in [1.165, 1.54) is 0 Å². The van der Waals surface area contributed by atoms with E-state index in [2.05, 4.69) is 5.32 Å². The molecule has 1 aromatic rings. The van der Waals surface area contributed by atoms with Crippen molar-refractivity contribution in [2.75, 3.05) is 39.3 Å². The van der Waals surface area contributed by atoms with Crippen molar-refractivity contribution in [2.45, 2.75) is 12.8 Å². The van der Waals surface area contributed by atoms with Crippen LogP contribution in [0.1, 0.15) is 12.8 Å². The van der Waals surface area contributed by atoms with Gasteiger partial charge in [0.05, 0.1) is 19.6 Å². The Morgan fingerprint density at radius 2 is 1.64 bits per heavy atom. The predicted octanol–water partition coefficient (Wildman–Crippen LogP) is 0.185. The van der Waals surface area contributed by atoms with Crippen LogP contribution in [-0.2, 0) is 9.59 Å². The van der Waals surface area contributed by atoms with Crippen LogP contribution in [0.2, 0.25) is 0 Å². The number of primary amides is 1. The molecule has 0 unspecified atom stereocenters. The van der Waals surface area contributed by atoms with Gasteiger partial charge in [0.1, 0.15) is 5.75 Å². The van der Waals surface area contributed by atoms with Crippen molar-refractivity contribution in [1.82, 2.24) is 15.1 Å². The number of hydrogen-bond donors (Lipinski definition) is 2. The number of nitrogens with one attached hydrogen (secondary N) is 1. The third-order valence-corrected chi connectivity index (χ3v) is 3.94. The summed E-state index contributed by atoms with van der Waals surface area (Å²) in [6.45, 7) is 2.30. The molecule has 1 heterocycles. The normalized spacial score (nSPS) is 14.6. The number of nitrogens with zero attached hydrogens (tertiary/aromatic N) is 2. The number of para-hydroxylation sites is 1. The Morgan fingerprint density at radius 3 is 2.28 bits per heavy atom. The molecule has 0 saturated carbocycles. The van der Waals surface area contributed by atoms with Gasteiger partial charge in [-0.1, -0.05) is 18.2 Å². The molecule has 1 aliphatic rings. The van der Waals surface area contributed by atoms with Crippen LogP contribution in [0, 0.1) is 0 Å². The molecule has 1 aromatic carbocycles. The summed E-state index contributed by atoms with van der Waals surface area (Å²) in [6, 6.07) is 8.63. The molecule has 4 amide bonds. The van der Waals surface area contributed by atoms with Crippen molar-refractivity contribution < 1.29 is 19.1 Å². The van der Waals surface area contributed by atoms with Crippen molar-refractivity contribution in [3.05, 3.63) is 30.3 Å². The zero-order valence-electron chi connectivity index (χ0n) is 14.1. The average Bonchev–Trinajstić information content (AvgIpc) is 2.87. The quantitative estimate of drug-likeness (QED) is 0.765. The number of amides is 4. The van der Waals surface area contributed by atoms with Crippen LogP contribution in [0.4, 0.5) is 4.79 Å². The van der Waals surface area contributed by atoms with E-state index >= 15 is 0 Å². The highest BCUT2D eigenvalue weighted by atomic mass is 16.5. The lowest BCUT2D eigenvalue weighted by Gasteiger charge is -2.22. The monoisotopic (exact) mass is 348 g/mol. The van der Waals surface area contributed by atoms with E-state index in [1.807, 2.05) is 30.3 Å². The summed E-state index contributed by atoms with van der Waals surface area (Å²) >= 11 is 0. The molecule has 1 saturated heterocycles. The Morgan fingerprint density at radius 1 is 1.00 bits per heavy atom. The lowest BCUT2D eigenvalue weighted by Crippen LogP contribution is -2.43. The molecule has 0 aromatic heterocycles. The highest BCUT2D eigenvalue weighted by Gasteiger charge is 2.21. The van der Waals surface area contributed by atoms with Gasteiger partial charge in [0.15, 0.2) is 0 Å². The number of urea groups is 1. The zero-order chi connectivity index (χ0) is 18.1. The van der Waals surface area contributed by atoms with Crippen LogP contribution in [0.15, 0.2) is 30.3 Å². The Kier molecular flexibility index (Phi) is 7.06. The van der Waals surface area contributed by atoms with Gasteiger partial charge in [0.2, 0.25) is 11.8 Å². The maximum absolute atomic E-state index is 12.3. The molecule has 25 heavy (non-hydrogen) atoms. The summed E-state index contributed by atoms with van der Waals surface area (Å²) < 4.78 is 5.55. The molecule has 8 heteroatoms. The van der Waals surface area contributed by atoms with Crippen molar-refractivity contribution in [3.63, 3.8) is 0 Å². The van der Waals surface area contributed by atoms with E-state index in [-0.39, 0.29) is 18.4 Å². The Hall–Kier alpha value is -2.77. The van der Waals surface area contributed by atoms with E-state index in [0.717, 1.165) is 5.75 Å². The van der Waals surface area contributed by atoms with Crippen molar-refractivity contribution in [3.8, 4) is 5.75 Å². The fraction of sp³-hybridized carbons (Fsp3) is 0.471. The highest BCUT2D eigenvalue weighted by Crippen LogP contribution is 2.10. The molecular weight excluding hydrogens is 324 g/mol. The minimum Gasteiger partial charge on any atom is -0.493 e. The summed E-state index contributed by atoms with van der Waals surface area (Å²) in [5, 5.41) is 2.29. The number of nitrogens with two attached hydrogens (primary N) is 1. The molecule has 8 nitrogen and oxygen atoms in total. The van der Waals surface area contributed by atoms with Gasteiger partial charge in [-0.25, -0.2) is 4.79 Å².